The van der Waals surface area contributed by atoms with Crippen LogP contribution in [0.25, 0.3) is 0 Å². The molecule has 1 heterocycles. The van der Waals surface area contributed by atoms with E-state index in [4.69, 9.17) is 5.73 Å². The lowest BCUT2D eigenvalue weighted by atomic mass is 10.2. The summed E-state index contributed by atoms with van der Waals surface area (Å²) in [5.41, 5.74) is 5.07. The molecule has 0 aromatic heterocycles. The molecule has 0 aromatic rings. The molecule has 0 aromatic carbocycles. The number of carbonyl (C=O) groups is 1. The lowest BCUT2D eigenvalue weighted by Gasteiger charge is -2.32. The van der Waals surface area contributed by atoms with Crippen LogP contribution in [0, 0.1) is 0 Å². The normalized spacial score (nSPS) is 19.8. The van der Waals surface area contributed by atoms with Crippen molar-refractivity contribution in [3.8, 4) is 0 Å². The van der Waals surface area contributed by atoms with Gasteiger partial charge in [-0.05, 0) is 26.4 Å². The Hall–Kier alpha value is -0.610. The van der Waals surface area contributed by atoms with Crippen LogP contribution in [0.15, 0.2) is 0 Å². The summed E-state index contributed by atoms with van der Waals surface area (Å²) < 4.78 is 0. The Kier molecular flexibility index (Phi) is 4.90. The van der Waals surface area contributed by atoms with Crippen molar-refractivity contribution >= 4 is 5.91 Å². The molecule has 0 bridgehead atoms. The third-order valence-electron chi connectivity index (χ3n) is 2.74. The summed E-state index contributed by atoms with van der Waals surface area (Å²) in [6.07, 6.45) is 2.56. The van der Waals surface area contributed by atoms with Crippen LogP contribution in [0.3, 0.4) is 0 Å². The molecular formula is C10H21N3O. The molecule has 1 saturated heterocycles. The molecular weight excluding hydrogens is 178 g/mol. The molecule has 1 amide bonds. The molecule has 4 nitrogen and oxygen atoms in total. The standard InChI is InChI=1S/C10H21N3O/c1-12-6-8-13(9-7-12)5-3-2-4-10(11)14/h2-9H2,1H3,(H2,11,14). The van der Waals surface area contributed by atoms with E-state index in [1.54, 1.807) is 0 Å². The van der Waals surface area contributed by atoms with Gasteiger partial charge < -0.3 is 15.5 Å². The first kappa shape index (κ1) is 11.5. The van der Waals surface area contributed by atoms with Gasteiger partial charge in [-0.1, -0.05) is 0 Å². The highest BCUT2D eigenvalue weighted by Crippen LogP contribution is 2.02. The smallest absolute Gasteiger partial charge is 0.217 e. The minimum atomic E-state index is -0.177. The molecule has 0 unspecified atom stereocenters. The molecule has 14 heavy (non-hydrogen) atoms. The van der Waals surface area contributed by atoms with Crippen molar-refractivity contribution in [3.63, 3.8) is 0 Å². The summed E-state index contributed by atoms with van der Waals surface area (Å²) in [7, 11) is 2.16. The maximum atomic E-state index is 10.5. The van der Waals surface area contributed by atoms with Crippen molar-refractivity contribution in [2.75, 3.05) is 39.8 Å². The Bertz CT molecular complexity index is 176. The van der Waals surface area contributed by atoms with Crippen LogP contribution < -0.4 is 5.73 Å². The largest absolute Gasteiger partial charge is 0.370 e. The summed E-state index contributed by atoms with van der Waals surface area (Å²) in [6.45, 7) is 5.76. The van der Waals surface area contributed by atoms with Crippen LogP contribution >= 0.6 is 0 Å². The van der Waals surface area contributed by atoms with Crippen LogP contribution in [0.5, 0.6) is 0 Å². The number of carbonyl (C=O) groups excluding carboxylic acids is 1. The number of hydrogen-bond acceptors (Lipinski definition) is 3. The lowest BCUT2D eigenvalue weighted by Crippen LogP contribution is -2.44. The highest BCUT2D eigenvalue weighted by molar-refractivity contribution is 5.73. The second-order valence-corrected chi connectivity index (χ2v) is 4.07. The van der Waals surface area contributed by atoms with Crippen LogP contribution in [0.2, 0.25) is 0 Å². The van der Waals surface area contributed by atoms with Crippen molar-refractivity contribution in [2.45, 2.75) is 19.3 Å². The van der Waals surface area contributed by atoms with E-state index in [1.165, 1.54) is 0 Å². The number of primary amides is 1. The fourth-order valence-electron chi connectivity index (χ4n) is 1.71. The Labute approximate surface area is 86.0 Å². The minimum Gasteiger partial charge on any atom is -0.370 e. The van der Waals surface area contributed by atoms with Gasteiger partial charge in [-0.2, -0.15) is 0 Å². The third kappa shape index (κ3) is 4.58. The zero-order valence-corrected chi connectivity index (χ0v) is 9.04. The van der Waals surface area contributed by atoms with Gasteiger partial charge in [0, 0.05) is 32.6 Å². The fraction of sp³-hybridized carbons (Fsp3) is 0.900. The van der Waals surface area contributed by atoms with Gasteiger partial charge in [-0.25, -0.2) is 0 Å². The van der Waals surface area contributed by atoms with Crippen LogP contribution in [0.1, 0.15) is 19.3 Å². The topological polar surface area (TPSA) is 49.6 Å². The van der Waals surface area contributed by atoms with E-state index in [0.717, 1.165) is 45.6 Å². The zero-order chi connectivity index (χ0) is 10.4. The molecule has 2 N–H and O–H groups in total. The maximum Gasteiger partial charge on any atom is 0.217 e. The molecule has 0 spiro atoms. The predicted molar refractivity (Wildman–Crippen MR) is 57.0 cm³/mol. The van der Waals surface area contributed by atoms with E-state index in [2.05, 4.69) is 16.8 Å². The highest BCUT2D eigenvalue weighted by Gasteiger charge is 2.12. The minimum absolute atomic E-state index is 0.177. The van der Waals surface area contributed by atoms with E-state index < -0.39 is 0 Å². The SMILES string of the molecule is CN1CCN(CCCCC(N)=O)CC1. The highest BCUT2D eigenvalue weighted by atomic mass is 16.1. The van der Waals surface area contributed by atoms with Crippen LogP contribution in [0.4, 0.5) is 0 Å². The first-order chi connectivity index (χ1) is 6.68. The van der Waals surface area contributed by atoms with Crippen LogP contribution in [-0.4, -0.2) is 55.5 Å². The van der Waals surface area contributed by atoms with Gasteiger partial charge in [0.25, 0.3) is 0 Å². The number of nitrogens with zero attached hydrogens (tertiary/aromatic N) is 2. The number of nitrogens with two attached hydrogens (primary N) is 1. The lowest BCUT2D eigenvalue weighted by molar-refractivity contribution is -0.118. The molecule has 0 atom stereocenters. The molecule has 4 heteroatoms. The van der Waals surface area contributed by atoms with E-state index in [-0.39, 0.29) is 5.91 Å². The van der Waals surface area contributed by atoms with Gasteiger partial charge in [0.05, 0.1) is 0 Å². The molecule has 1 fully saturated rings. The number of rotatable bonds is 5. The van der Waals surface area contributed by atoms with Crippen molar-refractivity contribution in [2.24, 2.45) is 5.73 Å². The summed E-state index contributed by atoms with van der Waals surface area (Å²) in [5.74, 6) is -0.177. The van der Waals surface area contributed by atoms with Gasteiger partial charge in [0.15, 0.2) is 0 Å². The number of amides is 1. The first-order valence-corrected chi connectivity index (χ1v) is 5.37. The van der Waals surface area contributed by atoms with Crippen molar-refractivity contribution in [1.82, 2.24) is 9.80 Å². The predicted octanol–water partition coefficient (Wildman–Crippen LogP) is -0.111. The van der Waals surface area contributed by atoms with Crippen LogP contribution in [-0.2, 0) is 4.79 Å². The Morgan fingerprint density at radius 1 is 1.21 bits per heavy atom. The Morgan fingerprint density at radius 3 is 2.43 bits per heavy atom. The molecule has 1 rings (SSSR count). The molecule has 1 aliphatic rings. The van der Waals surface area contributed by atoms with Crippen molar-refractivity contribution in [1.29, 1.82) is 0 Å². The van der Waals surface area contributed by atoms with Gasteiger partial charge >= 0.3 is 0 Å². The average Bonchev–Trinajstić information content (AvgIpc) is 2.15. The molecule has 0 radical (unpaired) electrons. The number of unbranched alkanes of at least 4 members (excludes halogenated alkanes) is 1. The Balaban J connectivity index is 1.99. The van der Waals surface area contributed by atoms with E-state index in [1.807, 2.05) is 0 Å². The quantitative estimate of drug-likeness (QED) is 0.629. The maximum absolute atomic E-state index is 10.5. The number of hydrogen-bond donors (Lipinski definition) is 1. The summed E-state index contributed by atoms with van der Waals surface area (Å²) in [6, 6.07) is 0. The van der Waals surface area contributed by atoms with Crippen molar-refractivity contribution < 1.29 is 4.79 Å². The van der Waals surface area contributed by atoms with Gasteiger partial charge in [0.1, 0.15) is 0 Å². The van der Waals surface area contributed by atoms with E-state index >= 15 is 0 Å². The zero-order valence-electron chi connectivity index (χ0n) is 9.04. The van der Waals surface area contributed by atoms with Gasteiger partial charge in [-0.3, -0.25) is 4.79 Å². The van der Waals surface area contributed by atoms with E-state index in [0.29, 0.717) is 6.42 Å². The van der Waals surface area contributed by atoms with Crippen molar-refractivity contribution in [3.05, 3.63) is 0 Å². The summed E-state index contributed by atoms with van der Waals surface area (Å²) in [5, 5.41) is 0. The monoisotopic (exact) mass is 199 g/mol. The third-order valence-corrected chi connectivity index (χ3v) is 2.74. The number of piperazine rings is 1. The second-order valence-electron chi connectivity index (χ2n) is 4.07. The first-order valence-electron chi connectivity index (χ1n) is 5.37. The Morgan fingerprint density at radius 2 is 1.86 bits per heavy atom. The fourth-order valence-corrected chi connectivity index (χ4v) is 1.71. The molecule has 82 valence electrons. The number of likely N-dealkylation sites (N-methyl/N-ethyl adjacent to an activating group) is 1. The second kappa shape index (κ2) is 5.98. The van der Waals surface area contributed by atoms with Gasteiger partial charge in [-0.15, -0.1) is 0 Å². The van der Waals surface area contributed by atoms with Gasteiger partial charge in [0.2, 0.25) is 5.91 Å². The summed E-state index contributed by atoms with van der Waals surface area (Å²) >= 11 is 0. The average molecular weight is 199 g/mol. The molecule has 1 aliphatic heterocycles. The molecule has 0 saturated carbocycles. The summed E-state index contributed by atoms with van der Waals surface area (Å²) in [4.78, 5) is 15.3. The van der Waals surface area contributed by atoms with E-state index in [9.17, 15) is 4.79 Å². The molecule has 0 aliphatic carbocycles.